The third-order valence-corrected chi connectivity index (χ3v) is 2.92. The zero-order valence-electron chi connectivity index (χ0n) is 11.9. The molecule has 0 spiro atoms. The largest absolute Gasteiger partial charge is 0.478 e. The van der Waals surface area contributed by atoms with Crippen LogP contribution in [0.25, 0.3) is 0 Å². The Morgan fingerprint density at radius 3 is 2.65 bits per heavy atom. The fourth-order valence-electron chi connectivity index (χ4n) is 2.08. The summed E-state index contributed by atoms with van der Waals surface area (Å²) in [4.78, 5) is 19.7. The Morgan fingerprint density at radius 1 is 1.40 bits per heavy atom. The SMILES string of the molecule is Cc1cc(NC(C)c2ncc(C)o2)c(C(=O)O)c(C)n1. The van der Waals surface area contributed by atoms with Crippen LogP contribution in [0.3, 0.4) is 0 Å². The second kappa shape index (κ2) is 5.32. The summed E-state index contributed by atoms with van der Waals surface area (Å²) >= 11 is 0. The van der Waals surface area contributed by atoms with Gasteiger partial charge in [0, 0.05) is 5.69 Å². The van der Waals surface area contributed by atoms with Gasteiger partial charge in [0.15, 0.2) is 0 Å². The van der Waals surface area contributed by atoms with Gasteiger partial charge in [0.2, 0.25) is 5.89 Å². The van der Waals surface area contributed by atoms with E-state index in [1.54, 1.807) is 19.2 Å². The Hall–Kier alpha value is -2.37. The van der Waals surface area contributed by atoms with Gasteiger partial charge in [-0.25, -0.2) is 9.78 Å². The van der Waals surface area contributed by atoms with Gasteiger partial charge in [0.05, 0.1) is 17.6 Å². The molecule has 0 aliphatic carbocycles. The first-order valence-electron chi connectivity index (χ1n) is 6.29. The van der Waals surface area contributed by atoms with Gasteiger partial charge in [0.25, 0.3) is 0 Å². The van der Waals surface area contributed by atoms with E-state index in [1.165, 1.54) is 0 Å². The number of rotatable bonds is 4. The lowest BCUT2D eigenvalue weighted by atomic mass is 10.1. The molecule has 0 amide bonds. The van der Waals surface area contributed by atoms with Crippen molar-refractivity contribution < 1.29 is 14.3 Å². The Kier molecular flexibility index (Phi) is 3.74. The third kappa shape index (κ3) is 2.79. The van der Waals surface area contributed by atoms with Crippen molar-refractivity contribution in [1.82, 2.24) is 9.97 Å². The second-order valence-electron chi connectivity index (χ2n) is 4.75. The van der Waals surface area contributed by atoms with E-state index >= 15 is 0 Å². The molecule has 106 valence electrons. The van der Waals surface area contributed by atoms with Crippen molar-refractivity contribution in [3.05, 3.63) is 40.9 Å². The molecule has 1 unspecified atom stereocenters. The van der Waals surface area contributed by atoms with Crippen LogP contribution in [-0.2, 0) is 0 Å². The highest BCUT2D eigenvalue weighted by Crippen LogP contribution is 2.24. The van der Waals surface area contributed by atoms with Crippen molar-refractivity contribution in [2.24, 2.45) is 0 Å². The Balaban J connectivity index is 2.35. The summed E-state index contributed by atoms with van der Waals surface area (Å²) in [5.74, 6) is 0.230. The molecule has 0 aliphatic heterocycles. The molecule has 2 aromatic rings. The van der Waals surface area contributed by atoms with Gasteiger partial charge in [-0.3, -0.25) is 4.98 Å². The van der Waals surface area contributed by atoms with Crippen molar-refractivity contribution in [2.75, 3.05) is 5.32 Å². The summed E-state index contributed by atoms with van der Waals surface area (Å²) in [7, 11) is 0. The van der Waals surface area contributed by atoms with Gasteiger partial charge in [0.1, 0.15) is 17.4 Å². The van der Waals surface area contributed by atoms with E-state index < -0.39 is 5.97 Å². The maximum Gasteiger partial charge on any atom is 0.339 e. The number of oxazole rings is 1. The highest BCUT2D eigenvalue weighted by Gasteiger charge is 2.19. The Bertz CT molecular complexity index is 649. The Morgan fingerprint density at radius 2 is 2.10 bits per heavy atom. The summed E-state index contributed by atoms with van der Waals surface area (Å²) in [5.41, 5.74) is 1.93. The van der Waals surface area contributed by atoms with Crippen molar-refractivity contribution in [3.8, 4) is 0 Å². The third-order valence-electron chi connectivity index (χ3n) is 2.92. The summed E-state index contributed by atoms with van der Waals surface area (Å²) in [5, 5.41) is 12.4. The Labute approximate surface area is 116 Å². The molecule has 2 aromatic heterocycles. The van der Waals surface area contributed by atoms with Gasteiger partial charge in [-0.1, -0.05) is 0 Å². The molecule has 1 atom stereocenters. The number of hydrogen-bond donors (Lipinski definition) is 2. The molecule has 0 fully saturated rings. The van der Waals surface area contributed by atoms with Crippen LogP contribution in [0.15, 0.2) is 16.7 Å². The van der Waals surface area contributed by atoms with Crippen LogP contribution in [-0.4, -0.2) is 21.0 Å². The smallest absolute Gasteiger partial charge is 0.339 e. The summed E-state index contributed by atoms with van der Waals surface area (Å²) < 4.78 is 5.44. The van der Waals surface area contributed by atoms with Crippen LogP contribution in [0.4, 0.5) is 5.69 Å². The zero-order valence-corrected chi connectivity index (χ0v) is 11.9. The fourth-order valence-corrected chi connectivity index (χ4v) is 2.08. The van der Waals surface area contributed by atoms with Gasteiger partial charge in [-0.15, -0.1) is 0 Å². The van der Waals surface area contributed by atoms with Gasteiger partial charge < -0.3 is 14.8 Å². The van der Waals surface area contributed by atoms with Gasteiger partial charge in [-0.2, -0.15) is 0 Å². The number of aryl methyl sites for hydroxylation is 3. The van der Waals surface area contributed by atoms with E-state index in [0.29, 0.717) is 23.0 Å². The van der Waals surface area contributed by atoms with Crippen molar-refractivity contribution in [1.29, 1.82) is 0 Å². The van der Waals surface area contributed by atoms with E-state index in [1.807, 2.05) is 20.8 Å². The number of carboxylic acids is 1. The van der Waals surface area contributed by atoms with E-state index in [4.69, 9.17) is 4.42 Å². The molecule has 2 rings (SSSR count). The molecule has 20 heavy (non-hydrogen) atoms. The number of anilines is 1. The highest BCUT2D eigenvalue weighted by atomic mass is 16.4. The number of carboxylic acid groups (broad SMARTS) is 1. The van der Waals surface area contributed by atoms with Crippen LogP contribution in [0, 0.1) is 20.8 Å². The summed E-state index contributed by atoms with van der Waals surface area (Å²) in [6.45, 7) is 7.18. The highest BCUT2D eigenvalue weighted by molar-refractivity contribution is 5.95. The molecule has 6 heteroatoms. The monoisotopic (exact) mass is 275 g/mol. The summed E-state index contributed by atoms with van der Waals surface area (Å²) in [6, 6.07) is 1.48. The zero-order chi connectivity index (χ0) is 14.9. The maximum absolute atomic E-state index is 11.4. The fraction of sp³-hybridized carbons (Fsp3) is 0.357. The molecule has 0 saturated carbocycles. The number of hydrogen-bond acceptors (Lipinski definition) is 5. The number of aromatic nitrogens is 2. The first-order chi connectivity index (χ1) is 9.38. The standard InChI is InChI=1S/C14H17N3O3/c1-7-5-11(12(14(18)19)9(3)16-7)17-10(4)13-15-6-8(2)20-13/h5-6,10H,1-4H3,(H,16,17)(H,18,19). The van der Waals surface area contributed by atoms with E-state index in [0.717, 1.165) is 5.69 Å². The molecule has 6 nitrogen and oxygen atoms in total. The van der Waals surface area contributed by atoms with Crippen LogP contribution in [0.2, 0.25) is 0 Å². The maximum atomic E-state index is 11.4. The predicted molar refractivity (Wildman–Crippen MR) is 73.9 cm³/mol. The molecule has 0 aromatic carbocycles. The minimum absolute atomic E-state index is 0.172. The first-order valence-corrected chi connectivity index (χ1v) is 6.29. The molecular weight excluding hydrogens is 258 g/mol. The van der Waals surface area contributed by atoms with Crippen LogP contribution in [0.1, 0.15) is 46.4 Å². The molecule has 2 heterocycles. The van der Waals surface area contributed by atoms with E-state index in [2.05, 4.69) is 15.3 Å². The number of carbonyl (C=O) groups is 1. The van der Waals surface area contributed by atoms with Crippen LogP contribution < -0.4 is 5.32 Å². The first kappa shape index (κ1) is 14.0. The average Bonchev–Trinajstić information content (AvgIpc) is 2.74. The number of aromatic carboxylic acids is 1. The minimum Gasteiger partial charge on any atom is -0.478 e. The summed E-state index contributed by atoms with van der Waals surface area (Å²) in [6.07, 6.45) is 1.63. The predicted octanol–water partition coefficient (Wildman–Crippen LogP) is 2.87. The lowest BCUT2D eigenvalue weighted by molar-refractivity contribution is 0.0696. The lowest BCUT2D eigenvalue weighted by Gasteiger charge is -2.16. The topological polar surface area (TPSA) is 88.2 Å². The van der Waals surface area contributed by atoms with Crippen LogP contribution in [0.5, 0.6) is 0 Å². The molecule has 0 bridgehead atoms. The van der Waals surface area contributed by atoms with Gasteiger partial charge >= 0.3 is 5.97 Å². The number of nitrogens with one attached hydrogen (secondary N) is 1. The molecular formula is C14H17N3O3. The van der Waals surface area contributed by atoms with Gasteiger partial charge in [-0.05, 0) is 33.8 Å². The molecule has 0 aliphatic rings. The second-order valence-corrected chi connectivity index (χ2v) is 4.75. The number of nitrogens with zero attached hydrogens (tertiary/aromatic N) is 2. The van der Waals surface area contributed by atoms with Crippen molar-refractivity contribution >= 4 is 11.7 Å². The van der Waals surface area contributed by atoms with E-state index in [9.17, 15) is 9.90 Å². The number of pyridine rings is 1. The van der Waals surface area contributed by atoms with Crippen LogP contribution >= 0.6 is 0 Å². The normalized spacial score (nSPS) is 12.2. The van der Waals surface area contributed by atoms with E-state index in [-0.39, 0.29) is 11.6 Å². The van der Waals surface area contributed by atoms with Crippen molar-refractivity contribution in [3.63, 3.8) is 0 Å². The minimum atomic E-state index is -1.01. The average molecular weight is 275 g/mol. The quantitative estimate of drug-likeness (QED) is 0.892. The van der Waals surface area contributed by atoms with Crippen molar-refractivity contribution in [2.45, 2.75) is 33.7 Å². The lowest BCUT2D eigenvalue weighted by Crippen LogP contribution is -2.13. The molecule has 0 saturated heterocycles. The molecule has 0 radical (unpaired) electrons. The molecule has 2 N–H and O–H groups in total.